The van der Waals surface area contributed by atoms with E-state index in [-0.39, 0.29) is 17.1 Å². The standard InChI is InChI=1S/C15H22F2N6O3/c1-14(16,12(25)15(17,6-24)26-3)23-7-19-9-10(22(2)8-4-5-8)20-13(18)21-11(9)23/h7-8,12,24-25H,4-6H2,1-3H3,(H2,18,20,21)/t12?,14-,15+/m0/s1. The fraction of sp³-hybridized carbons (Fsp3) is 0.667. The van der Waals surface area contributed by atoms with E-state index in [1.807, 2.05) is 11.9 Å². The lowest BCUT2D eigenvalue weighted by Gasteiger charge is -2.35. The highest BCUT2D eigenvalue weighted by Crippen LogP contribution is 2.37. The van der Waals surface area contributed by atoms with E-state index < -0.39 is 24.4 Å². The Hall–Kier alpha value is -2.11. The Morgan fingerprint density at radius 3 is 2.65 bits per heavy atom. The highest BCUT2D eigenvalue weighted by molar-refractivity contribution is 5.85. The molecule has 0 spiro atoms. The van der Waals surface area contributed by atoms with Gasteiger partial charge in [-0.05, 0) is 19.8 Å². The van der Waals surface area contributed by atoms with Crippen LogP contribution < -0.4 is 10.6 Å². The molecule has 1 aliphatic carbocycles. The van der Waals surface area contributed by atoms with Gasteiger partial charge in [0.05, 0.1) is 6.33 Å². The summed E-state index contributed by atoms with van der Waals surface area (Å²) in [6, 6.07) is 0.293. The molecule has 1 saturated carbocycles. The van der Waals surface area contributed by atoms with Crippen LogP contribution in [0.1, 0.15) is 19.8 Å². The number of ether oxygens (including phenoxy) is 1. The zero-order valence-electron chi connectivity index (χ0n) is 14.7. The van der Waals surface area contributed by atoms with Gasteiger partial charge in [-0.3, -0.25) is 4.57 Å². The summed E-state index contributed by atoms with van der Waals surface area (Å²) in [4.78, 5) is 14.2. The number of imidazole rings is 1. The van der Waals surface area contributed by atoms with Gasteiger partial charge in [0.15, 0.2) is 23.1 Å². The summed E-state index contributed by atoms with van der Waals surface area (Å²) in [7, 11) is 2.75. The minimum Gasteiger partial charge on any atom is -0.390 e. The van der Waals surface area contributed by atoms with E-state index in [4.69, 9.17) is 10.8 Å². The number of alkyl halides is 2. The van der Waals surface area contributed by atoms with Crippen LogP contribution in [-0.2, 0) is 10.5 Å². The second kappa shape index (κ2) is 6.25. The van der Waals surface area contributed by atoms with Crippen molar-refractivity contribution in [2.75, 3.05) is 31.4 Å². The van der Waals surface area contributed by atoms with E-state index in [9.17, 15) is 9.50 Å². The summed E-state index contributed by atoms with van der Waals surface area (Å²) >= 11 is 0. The number of anilines is 2. The van der Waals surface area contributed by atoms with E-state index in [0.29, 0.717) is 11.9 Å². The zero-order valence-corrected chi connectivity index (χ0v) is 14.7. The van der Waals surface area contributed by atoms with E-state index >= 15 is 4.39 Å². The average molecular weight is 372 g/mol. The number of hydrogen-bond acceptors (Lipinski definition) is 8. The Morgan fingerprint density at radius 1 is 1.46 bits per heavy atom. The van der Waals surface area contributed by atoms with Gasteiger partial charge in [-0.25, -0.2) is 13.8 Å². The molecule has 1 fully saturated rings. The minimum atomic E-state index is -3.01. The van der Waals surface area contributed by atoms with Crippen LogP contribution in [0.15, 0.2) is 6.33 Å². The largest absolute Gasteiger partial charge is 0.390 e. The number of aliphatic hydroxyl groups excluding tert-OH is 2. The first-order valence-electron chi connectivity index (χ1n) is 8.11. The number of nitrogen functional groups attached to an aromatic ring is 1. The zero-order chi connectivity index (χ0) is 19.3. The number of rotatable bonds is 7. The van der Waals surface area contributed by atoms with Crippen molar-refractivity contribution in [1.82, 2.24) is 19.5 Å². The Kier molecular flexibility index (Phi) is 4.49. The number of halogens is 2. The van der Waals surface area contributed by atoms with Crippen molar-refractivity contribution < 1.29 is 23.7 Å². The van der Waals surface area contributed by atoms with E-state index in [0.717, 1.165) is 37.8 Å². The van der Waals surface area contributed by atoms with Crippen LogP contribution in [0.25, 0.3) is 11.2 Å². The first-order valence-corrected chi connectivity index (χ1v) is 8.11. The summed E-state index contributed by atoms with van der Waals surface area (Å²) in [6.07, 6.45) is 0.719. The third-order valence-corrected chi connectivity index (χ3v) is 4.76. The summed E-state index contributed by atoms with van der Waals surface area (Å²) in [5.74, 6) is -5.42. The molecule has 0 saturated heterocycles. The minimum absolute atomic E-state index is 0.000410. The molecule has 0 radical (unpaired) electrons. The second-order valence-electron chi connectivity index (χ2n) is 6.61. The van der Waals surface area contributed by atoms with E-state index in [1.165, 1.54) is 0 Å². The summed E-state index contributed by atoms with van der Waals surface area (Å²) in [5.41, 5.74) is 6.03. The van der Waals surface area contributed by atoms with E-state index in [1.54, 1.807) is 0 Å². The number of methoxy groups -OCH3 is 1. The van der Waals surface area contributed by atoms with Crippen molar-refractivity contribution in [2.24, 2.45) is 0 Å². The molecule has 26 heavy (non-hydrogen) atoms. The molecular weight excluding hydrogens is 350 g/mol. The molecular formula is C15H22F2N6O3. The van der Waals surface area contributed by atoms with Gasteiger partial charge in [0.1, 0.15) is 6.61 Å². The molecule has 0 aliphatic heterocycles. The smallest absolute Gasteiger partial charge is 0.263 e. The number of aliphatic hydroxyl groups is 2. The molecule has 0 aromatic carbocycles. The van der Waals surface area contributed by atoms with Crippen LogP contribution in [0.4, 0.5) is 20.5 Å². The average Bonchev–Trinajstić information content (AvgIpc) is 3.38. The van der Waals surface area contributed by atoms with Gasteiger partial charge >= 0.3 is 0 Å². The lowest BCUT2D eigenvalue weighted by Crippen LogP contribution is -2.54. The van der Waals surface area contributed by atoms with Crippen LogP contribution >= 0.6 is 0 Å². The van der Waals surface area contributed by atoms with Crippen molar-refractivity contribution in [3.05, 3.63) is 6.33 Å². The van der Waals surface area contributed by atoms with Gasteiger partial charge in [-0.15, -0.1) is 0 Å². The summed E-state index contributed by atoms with van der Waals surface area (Å²) < 4.78 is 35.2. The highest BCUT2D eigenvalue weighted by Gasteiger charge is 2.52. The van der Waals surface area contributed by atoms with Crippen molar-refractivity contribution in [3.63, 3.8) is 0 Å². The summed E-state index contributed by atoms with van der Waals surface area (Å²) in [5, 5.41) is 19.4. The molecule has 2 aromatic rings. The van der Waals surface area contributed by atoms with Crippen LogP contribution in [0.5, 0.6) is 0 Å². The quantitative estimate of drug-likeness (QED) is 0.635. The molecule has 2 heterocycles. The van der Waals surface area contributed by atoms with Gasteiger partial charge in [0.25, 0.3) is 5.85 Å². The topological polar surface area (TPSA) is 123 Å². The molecule has 9 nitrogen and oxygen atoms in total. The van der Waals surface area contributed by atoms with Gasteiger partial charge < -0.3 is 25.6 Å². The Balaban J connectivity index is 2.10. The number of fused-ring (bicyclic) bond motifs is 1. The molecule has 3 rings (SSSR count). The molecule has 2 aromatic heterocycles. The van der Waals surface area contributed by atoms with Crippen molar-refractivity contribution in [1.29, 1.82) is 0 Å². The highest BCUT2D eigenvalue weighted by atomic mass is 19.2. The van der Waals surface area contributed by atoms with Gasteiger partial charge in [-0.1, -0.05) is 0 Å². The molecule has 11 heteroatoms. The molecule has 0 bridgehead atoms. The molecule has 3 atom stereocenters. The molecule has 1 unspecified atom stereocenters. The number of nitrogens with zero attached hydrogens (tertiary/aromatic N) is 5. The Morgan fingerprint density at radius 2 is 2.12 bits per heavy atom. The first kappa shape index (κ1) is 18.7. The third-order valence-electron chi connectivity index (χ3n) is 4.76. The van der Waals surface area contributed by atoms with Crippen LogP contribution in [-0.4, -0.2) is 68.5 Å². The molecule has 4 N–H and O–H groups in total. The third kappa shape index (κ3) is 2.85. The number of hydrogen-bond donors (Lipinski definition) is 3. The second-order valence-corrected chi connectivity index (χ2v) is 6.61. The predicted octanol–water partition coefficient (Wildman–Crippen LogP) is 0.315. The SMILES string of the molecule is CO[C@](F)(CO)C(O)[C@@](C)(F)n1cnc2c(N(C)C3CC3)nc(N)nc21. The monoisotopic (exact) mass is 372 g/mol. The van der Waals surface area contributed by atoms with Gasteiger partial charge in [-0.2, -0.15) is 9.97 Å². The van der Waals surface area contributed by atoms with Crippen LogP contribution in [0, 0.1) is 0 Å². The number of aromatic nitrogens is 4. The Labute approximate surface area is 148 Å². The molecule has 144 valence electrons. The normalized spacial score (nSPS) is 20.6. The lowest BCUT2D eigenvalue weighted by atomic mass is 10.0. The maximum atomic E-state index is 15.4. The van der Waals surface area contributed by atoms with Crippen LogP contribution in [0.2, 0.25) is 0 Å². The fourth-order valence-corrected chi connectivity index (χ4v) is 2.89. The molecule has 1 aliphatic rings. The Bertz CT molecular complexity index is 806. The maximum absolute atomic E-state index is 15.4. The predicted molar refractivity (Wildman–Crippen MR) is 89.9 cm³/mol. The molecule has 0 amide bonds. The fourth-order valence-electron chi connectivity index (χ4n) is 2.89. The van der Waals surface area contributed by atoms with Gasteiger partial charge in [0, 0.05) is 20.2 Å². The summed E-state index contributed by atoms with van der Waals surface area (Å²) in [6.45, 7) is -0.298. The van der Waals surface area contributed by atoms with Gasteiger partial charge in [0.2, 0.25) is 11.7 Å². The van der Waals surface area contributed by atoms with Crippen LogP contribution in [0.3, 0.4) is 0 Å². The van der Waals surface area contributed by atoms with Crippen molar-refractivity contribution >= 4 is 22.9 Å². The van der Waals surface area contributed by atoms with E-state index in [2.05, 4.69) is 19.7 Å². The maximum Gasteiger partial charge on any atom is 0.263 e. The first-order chi connectivity index (χ1) is 12.2. The lowest BCUT2D eigenvalue weighted by molar-refractivity contribution is -0.256. The number of nitrogens with two attached hydrogens (primary N) is 1. The van der Waals surface area contributed by atoms with Crippen molar-refractivity contribution in [2.45, 2.75) is 43.6 Å². The van der Waals surface area contributed by atoms with Crippen molar-refractivity contribution in [3.8, 4) is 0 Å².